The summed E-state index contributed by atoms with van der Waals surface area (Å²) in [7, 11) is 1.28. The lowest BCUT2D eigenvalue weighted by molar-refractivity contribution is -0.137. The van der Waals surface area contributed by atoms with Crippen molar-refractivity contribution in [1.82, 2.24) is 5.32 Å². The Labute approximate surface area is 167 Å². The fraction of sp³-hybridized carbons (Fsp3) is 0.238. The quantitative estimate of drug-likeness (QED) is 0.468. The number of nitrogens with one attached hydrogen (secondary N) is 1. The minimum absolute atomic E-state index is 0.109. The van der Waals surface area contributed by atoms with Gasteiger partial charge in [0.1, 0.15) is 17.2 Å². The van der Waals surface area contributed by atoms with E-state index in [0.29, 0.717) is 17.9 Å². The zero-order valence-corrected chi connectivity index (χ0v) is 16.9. The molecule has 0 fully saturated rings. The van der Waals surface area contributed by atoms with Gasteiger partial charge in [-0.25, -0.2) is 4.79 Å². The number of para-hydroxylation sites is 1. The van der Waals surface area contributed by atoms with Crippen LogP contribution in [0.1, 0.15) is 31.7 Å². The van der Waals surface area contributed by atoms with Crippen LogP contribution in [0.25, 0.3) is 6.08 Å². The van der Waals surface area contributed by atoms with Gasteiger partial charge in [0, 0.05) is 6.42 Å². The van der Waals surface area contributed by atoms with Crippen LogP contribution < -0.4 is 10.1 Å². The van der Waals surface area contributed by atoms with Crippen molar-refractivity contribution in [3.05, 3.63) is 64.3 Å². The molecule has 5 nitrogen and oxygen atoms in total. The Hall–Kier alpha value is -2.60. The van der Waals surface area contributed by atoms with Crippen molar-refractivity contribution in [2.45, 2.75) is 26.2 Å². The molecule has 0 aromatic heterocycles. The van der Waals surface area contributed by atoms with Gasteiger partial charge in [-0.3, -0.25) is 4.79 Å². The molecule has 2 aromatic carbocycles. The average Bonchev–Trinajstić information content (AvgIpc) is 2.68. The fourth-order valence-corrected chi connectivity index (χ4v) is 2.62. The number of esters is 1. The van der Waals surface area contributed by atoms with E-state index < -0.39 is 5.97 Å². The molecular formula is C21H22BrNO4. The van der Waals surface area contributed by atoms with Gasteiger partial charge in [-0.15, -0.1) is 0 Å². The molecule has 2 rings (SSSR count). The molecule has 0 heterocycles. The van der Waals surface area contributed by atoms with Gasteiger partial charge < -0.3 is 14.8 Å². The van der Waals surface area contributed by atoms with Crippen LogP contribution in [0.2, 0.25) is 0 Å². The first-order chi connectivity index (χ1) is 13.0. The summed E-state index contributed by atoms with van der Waals surface area (Å²) in [5.74, 6) is 0.570. The highest BCUT2D eigenvalue weighted by Crippen LogP contribution is 2.29. The minimum atomic E-state index is -0.589. The zero-order valence-electron chi connectivity index (χ0n) is 15.3. The number of hydrogen-bond donors (Lipinski definition) is 1. The van der Waals surface area contributed by atoms with Crippen LogP contribution in [-0.2, 0) is 14.3 Å². The number of carbonyl (C=O) groups excluding carboxylic acids is 2. The number of rotatable bonds is 8. The maximum absolute atomic E-state index is 11.9. The first kappa shape index (κ1) is 20.7. The molecule has 1 amide bonds. The van der Waals surface area contributed by atoms with Gasteiger partial charge in [0.2, 0.25) is 5.91 Å². The molecule has 0 aliphatic heterocycles. The number of ether oxygens (including phenoxy) is 2. The number of hydrogen-bond acceptors (Lipinski definition) is 4. The van der Waals surface area contributed by atoms with E-state index in [9.17, 15) is 9.59 Å². The van der Waals surface area contributed by atoms with Crippen LogP contribution in [-0.4, -0.2) is 19.0 Å². The molecule has 0 saturated carbocycles. The normalized spacial score (nSPS) is 11.0. The smallest absolute Gasteiger partial charge is 0.354 e. The number of benzene rings is 2. The van der Waals surface area contributed by atoms with E-state index >= 15 is 0 Å². The molecule has 0 aliphatic rings. The summed E-state index contributed by atoms with van der Waals surface area (Å²) >= 11 is 3.44. The van der Waals surface area contributed by atoms with Crippen LogP contribution in [0.3, 0.4) is 0 Å². The highest BCUT2D eigenvalue weighted by molar-refractivity contribution is 9.10. The summed E-state index contributed by atoms with van der Waals surface area (Å²) in [6.07, 6.45) is 3.62. The summed E-state index contributed by atoms with van der Waals surface area (Å²) in [5.41, 5.74) is 0.851. The number of halogens is 1. The lowest BCUT2D eigenvalue weighted by Crippen LogP contribution is -2.27. The molecule has 1 N–H and O–H groups in total. The molecule has 0 aliphatic carbocycles. The van der Waals surface area contributed by atoms with E-state index in [2.05, 4.69) is 21.2 Å². The first-order valence-corrected chi connectivity index (χ1v) is 9.45. The first-order valence-electron chi connectivity index (χ1n) is 8.65. The minimum Gasteiger partial charge on any atom is -0.464 e. The standard InChI is InChI=1S/C21H22BrNO4/c1-3-4-9-20(24)23-18(21(25)26-2)14-15-10-12-16(13-11-15)27-19-8-6-5-7-17(19)22/h5-8,10-14H,3-4,9H2,1-2H3,(H,23,24). The Morgan fingerprint density at radius 2 is 1.81 bits per heavy atom. The van der Waals surface area contributed by atoms with Gasteiger partial charge in [-0.1, -0.05) is 37.6 Å². The molecule has 0 spiro atoms. The topological polar surface area (TPSA) is 64.6 Å². The van der Waals surface area contributed by atoms with Gasteiger partial charge in [-0.2, -0.15) is 0 Å². The van der Waals surface area contributed by atoms with Crippen molar-refractivity contribution in [3.8, 4) is 11.5 Å². The van der Waals surface area contributed by atoms with Crippen LogP contribution in [0.4, 0.5) is 0 Å². The Bertz CT molecular complexity index is 815. The zero-order chi connectivity index (χ0) is 19.6. The second-order valence-electron chi connectivity index (χ2n) is 5.80. The number of carbonyl (C=O) groups is 2. The molecule has 6 heteroatoms. The van der Waals surface area contributed by atoms with Crippen LogP contribution in [0.5, 0.6) is 11.5 Å². The summed E-state index contributed by atoms with van der Waals surface area (Å²) in [5, 5.41) is 2.62. The summed E-state index contributed by atoms with van der Waals surface area (Å²) in [6, 6.07) is 14.7. The second kappa shape index (κ2) is 10.5. The third kappa shape index (κ3) is 6.57. The third-order valence-corrected chi connectivity index (χ3v) is 4.35. The maximum Gasteiger partial charge on any atom is 0.354 e. The Balaban J connectivity index is 2.13. The largest absolute Gasteiger partial charge is 0.464 e. The van der Waals surface area contributed by atoms with Crippen LogP contribution in [0, 0.1) is 0 Å². The Kier molecular flexibility index (Phi) is 8.07. The van der Waals surface area contributed by atoms with Crippen molar-refractivity contribution in [2.24, 2.45) is 0 Å². The molecule has 0 bridgehead atoms. The average molecular weight is 432 g/mol. The molecule has 0 atom stereocenters. The van der Waals surface area contributed by atoms with Gasteiger partial charge in [0.15, 0.2) is 0 Å². The van der Waals surface area contributed by atoms with Crippen molar-refractivity contribution in [1.29, 1.82) is 0 Å². The summed E-state index contributed by atoms with van der Waals surface area (Å²) in [4.78, 5) is 23.9. The highest BCUT2D eigenvalue weighted by atomic mass is 79.9. The fourth-order valence-electron chi connectivity index (χ4n) is 2.26. The predicted molar refractivity (Wildman–Crippen MR) is 108 cm³/mol. The molecule has 27 heavy (non-hydrogen) atoms. The Morgan fingerprint density at radius 3 is 2.44 bits per heavy atom. The SMILES string of the molecule is CCCCC(=O)NC(=Cc1ccc(Oc2ccccc2Br)cc1)C(=O)OC. The van der Waals surface area contributed by atoms with E-state index in [4.69, 9.17) is 9.47 Å². The van der Waals surface area contributed by atoms with Gasteiger partial charge in [0.05, 0.1) is 11.6 Å². The van der Waals surface area contributed by atoms with E-state index in [-0.39, 0.29) is 11.6 Å². The number of unbranched alkanes of at least 4 members (excludes halogenated alkanes) is 1. The lowest BCUT2D eigenvalue weighted by atomic mass is 10.1. The van der Waals surface area contributed by atoms with E-state index in [1.807, 2.05) is 31.2 Å². The van der Waals surface area contributed by atoms with Gasteiger partial charge >= 0.3 is 5.97 Å². The van der Waals surface area contributed by atoms with E-state index in [1.165, 1.54) is 7.11 Å². The lowest BCUT2D eigenvalue weighted by Gasteiger charge is -2.09. The predicted octanol–water partition coefficient (Wildman–Crippen LogP) is 5.06. The van der Waals surface area contributed by atoms with Crippen LogP contribution in [0.15, 0.2) is 58.7 Å². The maximum atomic E-state index is 11.9. The molecule has 0 radical (unpaired) electrons. The van der Waals surface area contributed by atoms with E-state index in [0.717, 1.165) is 22.9 Å². The van der Waals surface area contributed by atoms with Crippen LogP contribution >= 0.6 is 15.9 Å². The highest BCUT2D eigenvalue weighted by Gasteiger charge is 2.13. The van der Waals surface area contributed by atoms with Crippen molar-refractivity contribution >= 4 is 33.9 Å². The second-order valence-corrected chi connectivity index (χ2v) is 6.66. The summed E-state index contributed by atoms with van der Waals surface area (Å²) in [6.45, 7) is 2.00. The monoisotopic (exact) mass is 431 g/mol. The Morgan fingerprint density at radius 1 is 1.11 bits per heavy atom. The van der Waals surface area contributed by atoms with Crippen molar-refractivity contribution in [2.75, 3.05) is 7.11 Å². The van der Waals surface area contributed by atoms with E-state index in [1.54, 1.807) is 30.3 Å². The molecule has 142 valence electrons. The van der Waals surface area contributed by atoms with Gasteiger partial charge in [-0.05, 0) is 58.3 Å². The number of amides is 1. The number of methoxy groups -OCH3 is 1. The van der Waals surface area contributed by atoms with Crippen molar-refractivity contribution < 1.29 is 19.1 Å². The summed E-state index contributed by atoms with van der Waals surface area (Å²) < 4.78 is 11.4. The molecular weight excluding hydrogens is 410 g/mol. The van der Waals surface area contributed by atoms with Gasteiger partial charge in [0.25, 0.3) is 0 Å². The van der Waals surface area contributed by atoms with Crippen molar-refractivity contribution in [3.63, 3.8) is 0 Å². The molecule has 2 aromatic rings. The molecule has 0 saturated heterocycles. The molecule has 0 unspecified atom stereocenters. The third-order valence-electron chi connectivity index (χ3n) is 3.69.